The lowest BCUT2D eigenvalue weighted by atomic mass is 10.1. The molecule has 0 amide bonds. The van der Waals surface area contributed by atoms with Crippen LogP contribution in [0.4, 0.5) is 0 Å². The molecule has 1 aliphatic rings. The average Bonchev–Trinajstić information content (AvgIpc) is 3.01. The van der Waals surface area contributed by atoms with Gasteiger partial charge in [0.15, 0.2) is 0 Å². The first-order valence-electron chi connectivity index (χ1n) is 5.75. The zero-order valence-corrected chi connectivity index (χ0v) is 9.13. The quantitative estimate of drug-likeness (QED) is 0.826. The summed E-state index contributed by atoms with van der Waals surface area (Å²) in [4.78, 5) is 0. The minimum atomic E-state index is 0.600. The third kappa shape index (κ3) is 1.63. The second-order valence-electron chi connectivity index (χ2n) is 4.19. The summed E-state index contributed by atoms with van der Waals surface area (Å²) >= 11 is 0. The highest BCUT2D eigenvalue weighted by Crippen LogP contribution is 2.24. The van der Waals surface area contributed by atoms with Gasteiger partial charge < -0.3 is 5.32 Å². The van der Waals surface area contributed by atoms with Gasteiger partial charge in [0.05, 0.1) is 5.69 Å². The van der Waals surface area contributed by atoms with Gasteiger partial charge in [-0.3, -0.25) is 0 Å². The zero-order chi connectivity index (χ0) is 10.8. The maximum Gasteiger partial charge on any atom is 0.0648 e. The number of para-hydroxylation sites is 1. The SMILES string of the molecule is c1ccc(-n2nccc2C2CCNC2)cc1. The van der Waals surface area contributed by atoms with Crippen LogP contribution in [-0.2, 0) is 0 Å². The Morgan fingerprint density at radius 3 is 2.81 bits per heavy atom. The summed E-state index contributed by atoms with van der Waals surface area (Å²) in [6.07, 6.45) is 3.10. The van der Waals surface area contributed by atoms with E-state index in [0.29, 0.717) is 5.92 Å². The summed E-state index contributed by atoms with van der Waals surface area (Å²) in [5.74, 6) is 0.600. The number of rotatable bonds is 2. The minimum Gasteiger partial charge on any atom is -0.316 e. The molecule has 1 N–H and O–H groups in total. The normalized spacial score (nSPS) is 20.1. The molecule has 1 aromatic carbocycles. The van der Waals surface area contributed by atoms with Gasteiger partial charge in [0.1, 0.15) is 0 Å². The molecule has 0 radical (unpaired) electrons. The number of benzene rings is 1. The molecule has 1 fully saturated rings. The molecule has 3 nitrogen and oxygen atoms in total. The van der Waals surface area contributed by atoms with Crippen LogP contribution in [0, 0.1) is 0 Å². The molecule has 16 heavy (non-hydrogen) atoms. The van der Waals surface area contributed by atoms with E-state index in [4.69, 9.17) is 0 Å². The fraction of sp³-hybridized carbons (Fsp3) is 0.308. The molecule has 82 valence electrons. The molecule has 0 bridgehead atoms. The average molecular weight is 213 g/mol. The van der Waals surface area contributed by atoms with Crippen LogP contribution in [0.3, 0.4) is 0 Å². The lowest BCUT2D eigenvalue weighted by Gasteiger charge is -2.11. The van der Waals surface area contributed by atoms with E-state index in [1.807, 2.05) is 24.4 Å². The monoisotopic (exact) mass is 213 g/mol. The highest BCUT2D eigenvalue weighted by Gasteiger charge is 2.20. The highest BCUT2D eigenvalue weighted by atomic mass is 15.3. The molecule has 1 aliphatic heterocycles. The van der Waals surface area contributed by atoms with Crippen molar-refractivity contribution >= 4 is 0 Å². The second-order valence-corrected chi connectivity index (χ2v) is 4.19. The van der Waals surface area contributed by atoms with Crippen LogP contribution >= 0.6 is 0 Å². The number of hydrogen-bond donors (Lipinski definition) is 1. The van der Waals surface area contributed by atoms with Gasteiger partial charge in [0.2, 0.25) is 0 Å². The van der Waals surface area contributed by atoms with Crippen LogP contribution in [-0.4, -0.2) is 22.9 Å². The van der Waals surface area contributed by atoms with Crippen molar-refractivity contribution in [3.05, 3.63) is 48.3 Å². The Labute approximate surface area is 95.1 Å². The van der Waals surface area contributed by atoms with Gasteiger partial charge in [-0.2, -0.15) is 5.10 Å². The molecule has 2 heterocycles. The first-order chi connectivity index (χ1) is 7.95. The molecule has 1 aromatic heterocycles. The summed E-state index contributed by atoms with van der Waals surface area (Å²) in [6.45, 7) is 2.18. The summed E-state index contributed by atoms with van der Waals surface area (Å²) in [6, 6.07) is 12.5. The lowest BCUT2D eigenvalue weighted by Crippen LogP contribution is -2.11. The van der Waals surface area contributed by atoms with E-state index < -0.39 is 0 Å². The van der Waals surface area contributed by atoms with Crippen molar-refractivity contribution in [1.29, 1.82) is 0 Å². The van der Waals surface area contributed by atoms with Crippen molar-refractivity contribution < 1.29 is 0 Å². The predicted octanol–water partition coefficient (Wildman–Crippen LogP) is 1.95. The van der Waals surface area contributed by atoms with Crippen molar-refractivity contribution in [3.8, 4) is 5.69 Å². The summed E-state index contributed by atoms with van der Waals surface area (Å²) in [5, 5.41) is 7.82. The molecule has 1 unspecified atom stereocenters. The van der Waals surface area contributed by atoms with Gasteiger partial charge in [-0.25, -0.2) is 4.68 Å². The largest absolute Gasteiger partial charge is 0.316 e. The van der Waals surface area contributed by atoms with Gasteiger partial charge in [-0.1, -0.05) is 18.2 Å². The molecule has 0 spiro atoms. The zero-order valence-electron chi connectivity index (χ0n) is 9.13. The third-order valence-electron chi connectivity index (χ3n) is 3.15. The van der Waals surface area contributed by atoms with Gasteiger partial charge in [0, 0.05) is 24.4 Å². The summed E-state index contributed by atoms with van der Waals surface area (Å²) in [7, 11) is 0. The van der Waals surface area contributed by atoms with E-state index in [9.17, 15) is 0 Å². The van der Waals surface area contributed by atoms with Crippen LogP contribution in [0.5, 0.6) is 0 Å². The van der Waals surface area contributed by atoms with Crippen molar-refractivity contribution in [3.63, 3.8) is 0 Å². The third-order valence-corrected chi connectivity index (χ3v) is 3.15. The Balaban J connectivity index is 1.99. The van der Waals surface area contributed by atoms with Crippen molar-refractivity contribution in [1.82, 2.24) is 15.1 Å². The first kappa shape index (κ1) is 9.60. The first-order valence-corrected chi connectivity index (χ1v) is 5.75. The molecular formula is C13H15N3. The molecule has 3 heteroatoms. The van der Waals surface area contributed by atoms with Crippen LogP contribution < -0.4 is 5.32 Å². The maximum atomic E-state index is 4.42. The van der Waals surface area contributed by atoms with Gasteiger partial charge in [-0.15, -0.1) is 0 Å². The molecule has 0 aliphatic carbocycles. The van der Waals surface area contributed by atoms with Crippen LogP contribution in [0.25, 0.3) is 5.69 Å². The molecule has 0 saturated carbocycles. The molecular weight excluding hydrogens is 198 g/mol. The summed E-state index contributed by atoms with van der Waals surface area (Å²) < 4.78 is 2.05. The smallest absolute Gasteiger partial charge is 0.0648 e. The summed E-state index contributed by atoms with van der Waals surface area (Å²) in [5.41, 5.74) is 2.46. The van der Waals surface area contributed by atoms with E-state index in [1.54, 1.807) is 0 Å². The fourth-order valence-corrected chi connectivity index (χ4v) is 2.31. The van der Waals surface area contributed by atoms with Crippen LogP contribution in [0.1, 0.15) is 18.0 Å². The topological polar surface area (TPSA) is 29.9 Å². The number of aromatic nitrogens is 2. The second kappa shape index (κ2) is 4.10. The van der Waals surface area contributed by atoms with Gasteiger partial charge in [-0.05, 0) is 31.2 Å². The van der Waals surface area contributed by atoms with Crippen molar-refractivity contribution in [2.45, 2.75) is 12.3 Å². The molecule has 3 rings (SSSR count). The van der Waals surface area contributed by atoms with Crippen LogP contribution in [0.2, 0.25) is 0 Å². The maximum absolute atomic E-state index is 4.42. The Bertz CT molecular complexity index is 455. The van der Waals surface area contributed by atoms with Crippen molar-refractivity contribution in [2.24, 2.45) is 0 Å². The van der Waals surface area contributed by atoms with E-state index in [1.165, 1.54) is 12.1 Å². The predicted molar refractivity (Wildman–Crippen MR) is 63.8 cm³/mol. The van der Waals surface area contributed by atoms with Crippen LogP contribution in [0.15, 0.2) is 42.6 Å². The Morgan fingerprint density at radius 1 is 1.19 bits per heavy atom. The molecule has 1 atom stereocenters. The van der Waals surface area contributed by atoms with E-state index >= 15 is 0 Å². The van der Waals surface area contributed by atoms with E-state index in [0.717, 1.165) is 18.8 Å². The van der Waals surface area contributed by atoms with E-state index in [2.05, 4.69) is 33.3 Å². The fourth-order valence-electron chi connectivity index (χ4n) is 2.31. The molecule has 2 aromatic rings. The Morgan fingerprint density at radius 2 is 2.06 bits per heavy atom. The Hall–Kier alpha value is -1.61. The highest BCUT2D eigenvalue weighted by molar-refractivity contribution is 5.33. The number of nitrogens with zero attached hydrogens (tertiary/aromatic N) is 2. The molecule has 1 saturated heterocycles. The number of hydrogen-bond acceptors (Lipinski definition) is 2. The van der Waals surface area contributed by atoms with Gasteiger partial charge in [0.25, 0.3) is 0 Å². The Kier molecular flexibility index (Phi) is 2.46. The van der Waals surface area contributed by atoms with Gasteiger partial charge >= 0.3 is 0 Å². The minimum absolute atomic E-state index is 0.600. The van der Waals surface area contributed by atoms with E-state index in [-0.39, 0.29) is 0 Å². The van der Waals surface area contributed by atoms with Crippen molar-refractivity contribution in [2.75, 3.05) is 13.1 Å². The standard InChI is InChI=1S/C13H15N3/c1-2-4-12(5-3-1)16-13(7-9-15-16)11-6-8-14-10-11/h1-5,7,9,11,14H,6,8,10H2. The number of nitrogens with one attached hydrogen (secondary N) is 1. The lowest BCUT2D eigenvalue weighted by molar-refractivity contribution is 0.683.